The zero-order valence-electron chi connectivity index (χ0n) is 17.4. The molecule has 2 aliphatic rings. The maximum Gasteiger partial charge on any atom is 0.205 e. The summed E-state index contributed by atoms with van der Waals surface area (Å²) in [4.78, 5) is 13.1. The number of halogens is 1. The number of nitrogens with zero attached hydrogens (tertiary/aromatic N) is 1. The van der Waals surface area contributed by atoms with Gasteiger partial charge in [0.15, 0.2) is 17.3 Å². The molecule has 0 fully saturated rings. The SMILES string of the molecule is C=CCOc1cc(Cl)c([C@H]2C(C#N)=C(N)OC3=C2C(=O)CC(C)(C)C3)cc1OCC. The molecule has 0 aromatic heterocycles. The van der Waals surface area contributed by atoms with Gasteiger partial charge in [-0.3, -0.25) is 4.79 Å². The zero-order valence-corrected chi connectivity index (χ0v) is 18.1. The van der Waals surface area contributed by atoms with Crippen LogP contribution in [0.2, 0.25) is 5.02 Å². The first-order chi connectivity index (χ1) is 14.2. The summed E-state index contributed by atoms with van der Waals surface area (Å²) in [6.45, 7) is 10.2. The third-order valence-electron chi connectivity index (χ3n) is 5.11. The van der Waals surface area contributed by atoms with Crippen LogP contribution in [0.5, 0.6) is 11.5 Å². The van der Waals surface area contributed by atoms with Gasteiger partial charge in [-0.05, 0) is 24.0 Å². The van der Waals surface area contributed by atoms with Crippen LogP contribution in [0.15, 0.2) is 47.6 Å². The Bertz CT molecular complexity index is 1000. The lowest BCUT2D eigenvalue weighted by molar-refractivity contribution is -0.119. The van der Waals surface area contributed by atoms with E-state index in [1.807, 2.05) is 20.8 Å². The largest absolute Gasteiger partial charge is 0.490 e. The Morgan fingerprint density at radius 3 is 2.70 bits per heavy atom. The van der Waals surface area contributed by atoms with E-state index in [0.29, 0.717) is 52.9 Å². The summed E-state index contributed by atoms with van der Waals surface area (Å²) >= 11 is 6.61. The van der Waals surface area contributed by atoms with E-state index >= 15 is 0 Å². The molecule has 1 atom stereocenters. The second kappa shape index (κ2) is 8.45. The molecule has 1 aliphatic heterocycles. The summed E-state index contributed by atoms with van der Waals surface area (Å²) in [5.41, 5.74) is 6.97. The molecule has 158 valence electrons. The minimum atomic E-state index is -0.720. The average molecular weight is 429 g/mol. The van der Waals surface area contributed by atoms with Gasteiger partial charge in [0.1, 0.15) is 24.0 Å². The van der Waals surface area contributed by atoms with Crippen LogP contribution in [-0.4, -0.2) is 19.0 Å². The summed E-state index contributed by atoms with van der Waals surface area (Å²) in [5.74, 6) is 0.617. The maximum absolute atomic E-state index is 13.1. The topological polar surface area (TPSA) is 94.6 Å². The average Bonchev–Trinajstić information content (AvgIpc) is 2.66. The maximum atomic E-state index is 13.1. The van der Waals surface area contributed by atoms with Crippen LogP contribution < -0.4 is 15.2 Å². The fourth-order valence-corrected chi connectivity index (χ4v) is 4.16. The Kier molecular flexibility index (Phi) is 6.14. The molecule has 1 aromatic rings. The number of carbonyl (C=O) groups is 1. The van der Waals surface area contributed by atoms with Gasteiger partial charge in [0.25, 0.3) is 0 Å². The number of allylic oxidation sites excluding steroid dienone is 3. The predicted octanol–water partition coefficient (Wildman–Crippen LogP) is 4.75. The highest BCUT2D eigenvalue weighted by molar-refractivity contribution is 6.31. The van der Waals surface area contributed by atoms with Gasteiger partial charge in [-0.15, -0.1) is 0 Å². The quantitative estimate of drug-likeness (QED) is 0.656. The Morgan fingerprint density at radius 2 is 2.07 bits per heavy atom. The molecule has 3 rings (SSSR count). The summed E-state index contributed by atoms with van der Waals surface area (Å²) in [6.07, 6.45) is 2.51. The molecule has 0 bridgehead atoms. The van der Waals surface area contributed by atoms with Crippen LogP contribution in [0.3, 0.4) is 0 Å². The highest BCUT2D eigenvalue weighted by atomic mass is 35.5. The fourth-order valence-electron chi connectivity index (χ4n) is 3.90. The van der Waals surface area contributed by atoms with Crippen molar-refractivity contribution >= 4 is 17.4 Å². The highest BCUT2D eigenvalue weighted by Crippen LogP contribution is 2.50. The standard InChI is InChI=1S/C23H25ClN2O4/c1-5-7-29-18-9-15(24)13(8-17(18)28-6-2)20-14(12-25)22(26)30-19-11-23(3,4)10-16(27)21(19)20/h5,8-9,20H,1,6-7,10-11,26H2,2-4H3/t20-/m0/s1. The van der Waals surface area contributed by atoms with Crippen molar-refractivity contribution < 1.29 is 19.0 Å². The molecule has 0 saturated carbocycles. The number of nitriles is 1. The Morgan fingerprint density at radius 1 is 1.37 bits per heavy atom. The number of carbonyl (C=O) groups excluding carboxylic acids is 1. The number of hydrogen-bond donors (Lipinski definition) is 1. The number of Topliss-reactive ketones (excluding diaryl/α,β-unsaturated/α-hetero) is 1. The number of ether oxygens (including phenoxy) is 3. The van der Waals surface area contributed by atoms with E-state index in [0.717, 1.165) is 0 Å². The second-order valence-electron chi connectivity index (χ2n) is 8.06. The van der Waals surface area contributed by atoms with E-state index in [9.17, 15) is 10.1 Å². The van der Waals surface area contributed by atoms with Crippen LogP contribution in [0.1, 0.15) is 45.1 Å². The van der Waals surface area contributed by atoms with Gasteiger partial charge in [-0.2, -0.15) is 5.26 Å². The third-order valence-corrected chi connectivity index (χ3v) is 5.43. The van der Waals surface area contributed by atoms with E-state index in [1.165, 1.54) is 0 Å². The minimum absolute atomic E-state index is 0.00670. The fraction of sp³-hybridized carbons (Fsp3) is 0.391. The smallest absolute Gasteiger partial charge is 0.205 e. The lowest BCUT2D eigenvalue weighted by Crippen LogP contribution is -2.33. The van der Waals surface area contributed by atoms with Crippen molar-refractivity contribution in [1.29, 1.82) is 5.26 Å². The summed E-state index contributed by atoms with van der Waals surface area (Å²) in [6, 6.07) is 5.44. The number of rotatable bonds is 6. The highest BCUT2D eigenvalue weighted by Gasteiger charge is 2.43. The van der Waals surface area contributed by atoms with Crippen molar-refractivity contribution in [2.75, 3.05) is 13.2 Å². The molecule has 0 amide bonds. The van der Waals surface area contributed by atoms with E-state index < -0.39 is 5.92 Å². The Balaban J connectivity index is 2.20. The van der Waals surface area contributed by atoms with Crippen molar-refractivity contribution in [3.05, 3.63) is 58.2 Å². The van der Waals surface area contributed by atoms with Crippen molar-refractivity contribution in [3.8, 4) is 17.6 Å². The molecule has 7 heteroatoms. The van der Waals surface area contributed by atoms with Crippen molar-refractivity contribution in [3.63, 3.8) is 0 Å². The first-order valence-electron chi connectivity index (χ1n) is 9.76. The number of hydrogen-bond acceptors (Lipinski definition) is 6. The van der Waals surface area contributed by atoms with Crippen LogP contribution in [0.25, 0.3) is 0 Å². The molecule has 0 saturated heterocycles. The first kappa shape index (κ1) is 21.8. The molecule has 2 N–H and O–H groups in total. The van der Waals surface area contributed by atoms with Crippen molar-refractivity contribution in [1.82, 2.24) is 0 Å². The number of ketones is 1. The van der Waals surface area contributed by atoms with Crippen LogP contribution in [0.4, 0.5) is 0 Å². The van der Waals surface area contributed by atoms with Gasteiger partial charge >= 0.3 is 0 Å². The Labute approximate surface area is 181 Å². The lowest BCUT2D eigenvalue weighted by atomic mass is 9.70. The molecular weight excluding hydrogens is 404 g/mol. The molecule has 1 aliphatic carbocycles. The van der Waals surface area contributed by atoms with Crippen molar-refractivity contribution in [2.45, 2.75) is 39.5 Å². The van der Waals surface area contributed by atoms with Gasteiger partial charge < -0.3 is 19.9 Å². The van der Waals surface area contributed by atoms with Gasteiger partial charge in [0, 0.05) is 29.5 Å². The van der Waals surface area contributed by atoms with Gasteiger partial charge in [0.05, 0.1) is 12.5 Å². The zero-order chi connectivity index (χ0) is 22.1. The molecule has 0 unspecified atom stereocenters. The normalized spacial score (nSPS) is 20.2. The summed E-state index contributed by atoms with van der Waals surface area (Å²) < 4.78 is 17.1. The molecule has 30 heavy (non-hydrogen) atoms. The van der Waals surface area contributed by atoms with Gasteiger partial charge in [0.2, 0.25) is 5.88 Å². The predicted molar refractivity (Wildman–Crippen MR) is 114 cm³/mol. The summed E-state index contributed by atoms with van der Waals surface area (Å²) in [5, 5.41) is 10.1. The monoisotopic (exact) mass is 428 g/mol. The molecule has 1 aromatic carbocycles. The minimum Gasteiger partial charge on any atom is -0.490 e. The van der Waals surface area contributed by atoms with Crippen molar-refractivity contribution in [2.24, 2.45) is 11.1 Å². The van der Waals surface area contributed by atoms with Gasteiger partial charge in [-0.1, -0.05) is 38.1 Å². The summed E-state index contributed by atoms with van der Waals surface area (Å²) in [7, 11) is 0. The van der Waals surface area contributed by atoms with E-state index in [-0.39, 0.29) is 29.3 Å². The molecule has 0 spiro atoms. The van der Waals surface area contributed by atoms with Gasteiger partial charge in [-0.25, -0.2) is 0 Å². The molecular formula is C23H25ClN2O4. The number of nitrogens with two attached hydrogens (primary N) is 1. The van der Waals surface area contributed by atoms with Crippen LogP contribution in [0, 0.1) is 16.7 Å². The van der Waals surface area contributed by atoms with E-state index in [1.54, 1.807) is 18.2 Å². The van der Waals surface area contributed by atoms with Crippen LogP contribution >= 0.6 is 11.6 Å². The van der Waals surface area contributed by atoms with E-state index in [4.69, 9.17) is 31.5 Å². The van der Waals surface area contributed by atoms with Crippen LogP contribution in [-0.2, 0) is 9.53 Å². The molecule has 0 radical (unpaired) electrons. The third kappa shape index (κ3) is 4.03. The van der Waals surface area contributed by atoms with E-state index in [2.05, 4.69) is 12.6 Å². The molecule has 1 heterocycles. The number of benzene rings is 1. The Hall–Kier alpha value is -2.91. The first-order valence-corrected chi connectivity index (χ1v) is 10.1. The molecule has 6 nitrogen and oxygen atoms in total. The second-order valence-corrected chi connectivity index (χ2v) is 8.46. The lowest BCUT2D eigenvalue weighted by Gasteiger charge is -2.37.